The number of hydrogen-bond acceptors (Lipinski definition) is 6. The zero-order chi connectivity index (χ0) is 25.4. The number of anilines is 2. The number of rotatable bonds is 9. The fourth-order valence-electron chi connectivity index (χ4n) is 3.42. The van der Waals surface area contributed by atoms with Crippen LogP contribution in [0.15, 0.2) is 72.8 Å². The summed E-state index contributed by atoms with van der Waals surface area (Å²) < 4.78 is 17.5. The van der Waals surface area contributed by atoms with Crippen LogP contribution in [0.1, 0.15) is 26.3 Å². The molecular weight excluding hydrogens is 458 g/mol. The molecule has 0 aliphatic carbocycles. The maximum absolute atomic E-state index is 5.96. The minimum absolute atomic E-state index is 0.0823. The Morgan fingerprint density at radius 2 is 1.63 bits per heavy atom. The number of hydrogen-bond donors (Lipinski definition) is 0. The van der Waals surface area contributed by atoms with Crippen LogP contribution in [-0.4, -0.2) is 50.6 Å². The van der Waals surface area contributed by atoms with Crippen molar-refractivity contribution in [1.29, 1.82) is 0 Å². The summed E-state index contributed by atoms with van der Waals surface area (Å²) in [4.78, 5) is 8.45. The van der Waals surface area contributed by atoms with Crippen LogP contribution in [0.5, 0.6) is 11.6 Å². The minimum atomic E-state index is -0.121. The van der Waals surface area contributed by atoms with Crippen LogP contribution in [0, 0.1) is 0 Å². The lowest BCUT2D eigenvalue weighted by atomic mass is 9.87. The lowest BCUT2D eigenvalue weighted by molar-refractivity contribution is 0.0620. The SMILES string of the molecule is COC(COc1cccc(N(C)C(=S)Oc2ccc(C(C)(C)C)cc2)n1)CN(C)c1ccccc1. The highest BCUT2D eigenvalue weighted by molar-refractivity contribution is 7.80. The van der Waals surface area contributed by atoms with Crippen LogP contribution < -0.4 is 19.3 Å². The van der Waals surface area contributed by atoms with E-state index in [1.54, 1.807) is 12.0 Å². The number of aromatic nitrogens is 1. The fraction of sp³-hybridized carbons (Fsp3) is 0.357. The molecule has 6 nitrogen and oxygen atoms in total. The molecule has 0 radical (unpaired) electrons. The molecule has 2 aromatic carbocycles. The van der Waals surface area contributed by atoms with Crippen molar-refractivity contribution in [3.05, 3.63) is 78.4 Å². The molecule has 1 aromatic heterocycles. The predicted molar refractivity (Wildman–Crippen MR) is 147 cm³/mol. The van der Waals surface area contributed by atoms with Gasteiger partial charge in [-0.1, -0.05) is 57.2 Å². The number of ether oxygens (including phenoxy) is 3. The first-order chi connectivity index (χ1) is 16.7. The lowest BCUT2D eigenvalue weighted by Gasteiger charge is -2.25. The van der Waals surface area contributed by atoms with Gasteiger partial charge in [0, 0.05) is 39.5 Å². The van der Waals surface area contributed by atoms with E-state index < -0.39 is 0 Å². The van der Waals surface area contributed by atoms with E-state index in [0.717, 1.165) is 5.69 Å². The third kappa shape index (κ3) is 7.67. The molecule has 0 saturated heterocycles. The van der Waals surface area contributed by atoms with Gasteiger partial charge in [0.05, 0.1) is 0 Å². The van der Waals surface area contributed by atoms with Gasteiger partial charge in [0.25, 0.3) is 5.17 Å². The van der Waals surface area contributed by atoms with Crippen LogP contribution in [0.4, 0.5) is 11.5 Å². The van der Waals surface area contributed by atoms with Crippen molar-refractivity contribution in [3.63, 3.8) is 0 Å². The summed E-state index contributed by atoms with van der Waals surface area (Å²) in [7, 11) is 5.55. The third-order valence-electron chi connectivity index (χ3n) is 5.68. The smallest absolute Gasteiger partial charge is 0.270 e. The molecule has 35 heavy (non-hydrogen) atoms. The van der Waals surface area contributed by atoms with E-state index in [0.29, 0.717) is 35.8 Å². The number of para-hydroxylation sites is 1. The second-order valence-corrected chi connectivity index (χ2v) is 9.77. The van der Waals surface area contributed by atoms with E-state index in [9.17, 15) is 0 Å². The van der Waals surface area contributed by atoms with E-state index >= 15 is 0 Å². The van der Waals surface area contributed by atoms with Gasteiger partial charge in [0.1, 0.15) is 24.3 Å². The Labute approximate surface area is 214 Å². The highest BCUT2D eigenvalue weighted by atomic mass is 32.1. The predicted octanol–water partition coefficient (Wildman–Crippen LogP) is 5.71. The van der Waals surface area contributed by atoms with Gasteiger partial charge in [-0.05, 0) is 53.5 Å². The number of likely N-dealkylation sites (N-methyl/N-ethyl adjacent to an activating group) is 1. The molecule has 3 rings (SSSR count). The second kappa shape index (κ2) is 12.0. The number of pyridine rings is 1. The largest absolute Gasteiger partial charge is 0.475 e. The maximum Gasteiger partial charge on any atom is 0.270 e. The topological polar surface area (TPSA) is 47.1 Å². The van der Waals surface area contributed by atoms with E-state index in [4.69, 9.17) is 26.4 Å². The standard InChI is InChI=1S/C28H35N3O3S/c1-28(2,3)21-15-17-23(18-16-21)34-27(35)31(5)25-13-10-14-26(29-25)33-20-24(32-6)19-30(4)22-11-8-7-9-12-22/h7-18,24H,19-20H2,1-6H3. The summed E-state index contributed by atoms with van der Waals surface area (Å²) in [6, 6.07) is 23.7. The first-order valence-electron chi connectivity index (χ1n) is 11.6. The average molecular weight is 494 g/mol. The van der Waals surface area contributed by atoms with Crippen LogP contribution in [0.3, 0.4) is 0 Å². The van der Waals surface area contributed by atoms with Crippen molar-refractivity contribution in [2.75, 3.05) is 44.2 Å². The molecule has 0 aliphatic rings. The Morgan fingerprint density at radius 1 is 0.943 bits per heavy atom. The third-order valence-corrected chi connectivity index (χ3v) is 6.03. The molecule has 186 valence electrons. The molecule has 1 unspecified atom stereocenters. The van der Waals surface area contributed by atoms with Gasteiger partial charge in [0.2, 0.25) is 5.88 Å². The van der Waals surface area contributed by atoms with Crippen molar-refractivity contribution in [3.8, 4) is 11.6 Å². The Morgan fingerprint density at radius 3 is 2.26 bits per heavy atom. The van der Waals surface area contributed by atoms with E-state index in [-0.39, 0.29) is 11.5 Å². The summed E-state index contributed by atoms with van der Waals surface area (Å²) in [6.07, 6.45) is -0.121. The quantitative estimate of drug-likeness (QED) is 0.354. The first-order valence-corrected chi connectivity index (χ1v) is 12.0. The van der Waals surface area contributed by atoms with Crippen molar-refractivity contribution < 1.29 is 14.2 Å². The Kier molecular flexibility index (Phi) is 9.07. The minimum Gasteiger partial charge on any atom is -0.475 e. The summed E-state index contributed by atoms with van der Waals surface area (Å²) >= 11 is 5.51. The van der Waals surface area contributed by atoms with Crippen molar-refractivity contribution in [2.45, 2.75) is 32.3 Å². The molecule has 3 aromatic rings. The first kappa shape index (κ1) is 26.4. The molecule has 1 atom stereocenters. The van der Waals surface area contributed by atoms with Crippen LogP contribution in [0.25, 0.3) is 0 Å². The van der Waals surface area contributed by atoms with Gasteiger partial charge in [-0.25, -0.2) is 0 Å². The Bertz CT molecular complexity index is 1080. The highest BCUT2D eigenvalue weighted by Crippen LogP contribution is 2.25. The molecule has 0 N–H and O–H groups in total. The second-order valence-electron chi connectivity index (χ2n) is 9.42. The van der Waals surface area contributed by atoms with E-state index in [2.05, 4.69) is 54.9 Å². The molecule has 0 fully saturated rings. The summed E-state index contributed by atoms with van der Waals surface area (Å²) in [5, 5.41) is 0.303. The highest BCUT2D eigenvalue weighted by Gasteiger charge is 2.16. The molecular formula is C28H35N3O3S. The van der Waals surface area contributed by atoms with Gasteiger partial charge < -0.3 is 19.1 Å². The molecule has 0 aliphatic heterocycles. The average Bonchev–Trinajstić information content (AvgIpc) is 2.86. The lowest BCUT2D eigenvalue weighted by Crippen LogP contribution is -2.34. The van der Waals surface area contributed by atoms with Gasteiger partial charge in [-0.2, -0.15) is 4.98 Å². The Balaban J connectivity index is 1.57. The zero-order valence-electron chi connectivity index (χ0n) is 21.4. The van der Waals surface area contributed by atoms with Crippen LogP contribution in [0.2, 0.25) is 0 Å². The Hall–Kier alpha value is -3.16. The monoisotopic (exact) mass is 493 g/mol. The number of methoxy groups -OCH3 is 1. The number of thiocarbonyl (C=S) groups is 1. The van der Waals surface area contributed by atoms with E-state index in [1.807, 2.05) is 62.6 Å². The maximum atomic E-state index is 5.96. The van der Waals surface area contributed by atoms with Crippen LogP contribution in [-0.2, 0) is 10.2 Å². The van der Waals surface area contributed by atoms with Gasteiger partial charge in [-0.15, -0.1) is 0 Å². The van der Waals surface area contributed by atoms with Gasteiger partial charge >= 0.3 is 0 Å². The van der Waals surface area contributed by atoms with Crippen molar-refractivity contribution >= 4 is 28.9 Å². The zero-order valence-corrected chi connectivity index (χ0v) is 22.2. The molecule has 0 spiro atoms. The van der Waals surface area contributed by atoms with E-state index in [1.165, 1.54) is 5.56 Å². The summed E-state index contributed by atoms with van der Waals surface area (Å²) in [6.45, 7) is 7.59. The number of benzene rings is 2. The van der Waals surface area contributed by atoms with Gasteiger partial charge in [-0.3, -0.25) is 4.90 Å². The molecule has 0 bridgehead atoms. The molecule has 0 amide bonds. The van der Waals surface area contributed by atoms with Crippen molar-refractivity contribution in [1.82, 2.24) is 4.98 Å². The number of nitrogens with zero attached hydrogens (tertiary/aromatic N) is 3. The van der Waals surface area contributed by atoms with Gasteiger partial charge in [0.15, 0.2) is 0 Å². The summed E-state index contributed by atoms with van der Waals surface area (Å²) in [5.74, 6) is 1.82. The normalized spacial score (nSPS) is 12.1. The molecule has 1 heterocycles. The molecule has 7 heteroatoms. The molecule has 0 saturated carbocycles. The van der Waals surface area contributed by atoms with Crippen molar-refractivity contribution in [2.24, 2.45) is 0 Å². The summed E-state index contributed by atoms with van der Waals surface area (Å²) in [5.41, 5.74) is 2.44. The fourth-order valence-corrected chi connectivity index (χ4v) is 3.61. The van der Waals surface area contributed by atoms with Crippen LogP contribution >= 0.6 is 12.2 Å².